The highest BCUT2D eigenvalue weighted by molar-refractivity contribution is 7.99. The van der Waals surface area contributed by atoms with Crippen LogP contribution in [-0.2, 0) is 0 Å². The van der Waals surface area contributed by atoms with Crippen LogP contribution in [0.5, 0.6) is 0 Å². The van der Waals surface area contributed by atoms with E-state index in [0.717, 1.165) is 11.7 Å². The number of hydrogen-bond acceptors (Lipinski definition) is 3. The average Bonchev–Trinajstić information content (AvgIpc) is 1.94. The predicted molar refractivity (Wildman–Crippen MR) is 49.9 cm³/mol. The second-order valence-electron chi connectivity index (χ2n) is 3.35. The molecule has 0 aromatic heterocycles. The summed E-state index contributed by atoms with van der Waals surface area (Å²) in [5.41, 5.74) is 0. The van der Waals surface area contributed by atoms with Gasteiger partial charge in [0, 0.05) is 6.61 Å². The highest BCUT2D eigenvalue weighted by Crippen LogP contribution is 2.14. The molecule has 0 amide bonds. The molecule has 0 aromatic rings. The van der Waals surface area contributed by atoms with Crippen LogP contribution in [0.4, 0.5) is 0 Å². The summed E-state index contributed by atoms with van der Waals surface area (Å²) in [5, 5.41) is 12.0. The number of rotatable bonds is 5. The quantitative estimate of drug-likeness (QED) is 0.640. The van der Waals surface area contributed by atoms with Gasteiger partial charge in [0.1, 0.15) is 0 Å². The zero-order valence-electron chi connectivity index (χ0n) is 7.05. The highest BCUT2D eigenvalue weighted by atomic mass is 32.2. The summed E-state index contributed by atoms with van der Waals surface area (Å²) in [6.07, 6.45) is 0. The molecule has 1 heterocycles. The van der Waals surface area contributed by atoms with E-state index < -0.39 is 0 Å². The maximum atomic E-state index is 8.75. The van der Waals surface area contributed by atoms with Crippen molar-refractivity contribution in [2.75, 3.05) is 31.2 Å². The summed E-state index contributed by atoms with van der Waals surface area (Å²) >= 11 is 1.97. The molecular weight excluding hydrogens is 158 g/mol. The van der Waals surface area contributed by atoms with Crippen molar-refractivity contribution in [3.63, 3.8) is 0 Å². The standard InChI is InChI=1S/C8H17NOS/c1-7(4-10)5-11-6-8-2-9-3-8/h7-10H,2-6H2,1H3. The molecule has 0 aliphatic carbocycles. The van der Waals surface area contributed by atoms with Crippen molar-refractivity contribution in [1.29, 1.82) is 0 Å². The Morgan fingerprint density at radius 2 is 2.36 bits per heavy atom. The Bertz CT molecular complexity index is 102. The number of hydrogen-bond donors (Lipinski definition) is 2. The molecule has 1 atom stereocenters. The van der Waals surface area contributed by atoms with Crippen molar-refractivity contribution in [2.24, 2.45) is 11.8 Å². The Hall–Kier alpha value is 0.270. The lowest BCUT2D eigenvalue weighted by atomic mass is 10.1. The monoisotopic (exact) mass is 175 g/mol. The molecule has 2 nitrogen and oxygen atoms in total. The van der Waals surface area contributed by atoms with E-state index in [1.165, 1.54) is 18.8 Å². The number of aliphatic hydroxyl groups excluding tert-OH is 1. The Morgan fingerprint density at radius 1 is 1.64 bits per heavy atom. The summed E-state index contributed by atoms with van der Waals surface area (Å²) < 4.78 is 0. The fraction of sp³-hybridized carbons (Fsp3) is 1.00. The number of aliphatic hydroxyl groups is 1. The third kappa shape index (κ3) is 3.45. The first-order chi connectivity index (χ1) is 5.33. The molecule has 0 radical (unpaired) electrons. The van der Waals surface area contributed by atoms with Crippen molar-refractivity contribution < 1.29 is 5.11 Å². The van der Waals surface area contributed by atoms with Gasteiger partial charge in [0.05, 0.1) is 0 Å². The molecular formula is C8H17NOS. The minimum atomic E-state index is 0.329. The van der Waals surface area contributed by atoms with Gasteiger partial charge in [0.15, 0.2) is 0 Å². The second kappa shape index (κ2) is 5.01. The van der Waals surface area contributed by atoms with Gasteiger partial charge in [-0.25, -0.2) is 0 Å². The molecule has 1 aliphatic heterocycles. The van der Waals surface area contributed by atoms with Gasteiger partial charge in [0.25, 0.3) is 0 Å². The normalized spacial score (nSPS) is 21.3. The third-order valence-corrected chi connectivity index (χ3v) is 3.45. The number of thioether (sulfide) groups is 1. The molecule has 2 N–H and O–H groups in total. The van der Waals surface area contributed by atoms with Crippen LogP contribution in [0.15, 0.2) is 0 Å². The van der Waals surface area contributed by atoms with Gasteiger partial charge in [-0.3, -0.25) is 0 Å². The maximum Gasteiger partial charge on any atom is 0.0464 e. The van der Waals surface area contributed by atoms with Crippen molar-refractivity contribution >= 4 is 11.8 Å². The fourth-order valence-corrected chi connectivity index (χ4v) is 2.17. The summed E-state index contributed by atoms with van der Waals surface area (Å²) in [6.45, 7) is 4.81. The van der Waals surface area contributed by atoms with E-state index >= 15 is 0 Å². The molecule has 66 valence electrons. The molecule has 1 saturated heterocycles. The predicted octanol–water partition coefficient (Wildman–Crippen LogP) is 0.567. The van der Waals surface area contributed by atoms with Crippen LogP contribution in [0.2, 0.25) is 0 Å². The topological polar surface area (TPSA) is 32.3 Å². The van der Waals surface area contributed by atoms with Crippen molar-refractivity contribution in [3.05, 3.63) is 0 Å². The molecule has 1 unspecified atom stereocenters. The second-order valence-corrected chi connectivity index (χ2v) is 4.42. The van der Waals surface area contributed by atoms with Crippen LogP contribution in [-0.4, -0.2) is 36.3 Å². The van der Waals surface area contributed by atoms with Gasteiger partial charge in [0.2, 0.25) is 0 Å². The van der Waals surface area contributed by atoms with Crippen LogP contribution in [0.25, 0.3) is 0 Å². The van der Waals surface area contributed by atoms with Gasteiger partial charge in [-0.1, -0.05) is 6.92 Å². The molecule has 0 bridgehead atoms. The van der Waals surface area contributed by atoms with Gasteiger partial charge < -0.3 is 10.4 Å². The van der Waals surface area contributed by atoms with E-state index in [4.69, 9.17) is 5.11 Å². The third-order valence-electron chi connectivity index (χ3n) is 1.93. The number of nitrogens with one attached hydrogen (secondary N) is 1. The zero-order chi connectivity index (χ0) is 8.10. The highest BCUT2D eigenvalue weighted by Gasteiger charge is 2.16. The van der Waals surface area contributed by atoms with E-state index in [0.29, 0.717) is 12.5 Å². The fourth-order valence-electron chi connectivity index (χ4n) is 0.955. The summed E-state index contributed by atoms with van der Waals surface area (Å²) in [6, 6.07) is 0. The van der Waals surface area contributed by atoms with Crippen LogP contribution >= 0.6 is 11.8 Å². The van der Waals surface area contributed by atoms with Crippen molar-refractivity contribution in [1.82, 2.24) is 5.32 Å². The minimum absolute atomic E-state index is 0.329. The molecule has 1 rings (SSSR count). The molecule has 0 saturated carbocycles. The molecule has 3 heteroatoms. The lowest BCUT2D eigenvalue weighted by molar-refractivity contribution is 0.250. The van der Waals surface area contributed by atoms with Gasteiger partial charge >= 0.3 is 0 Å². The zero-order valence-corrected chi connectivity index (χ0v) is 7.86. The van der Waals surface area contributed by atoms with Gasteiger partial charge in [-0.05, 0) is 36.4 Å². The first-order valence-electron chi connectivity index (χ1n) is 4.22. The van der Waals surface area contributed by atoms with Crippen LogP contribution in [0.3, 0.4) is 0 Å². The summed E-state index contributed by atoms with van der Waals surface area (Å²) in [4.78, 5) is 0. The Kier molecular flexibility index (Phi) is 4.26. The molecule has 1 fully saturated rings. The van der Waals surface area contributed by atoms with Crippen LogP contribution in [0, 0.1) is 11.8 Å². The molecule has 0 spiro atoms. The van der Waals surface area contributed by atoms with Crippen LogP contribution < -0.4 is 5.32 Å². The van der Waals surface area contributed by atoms with Crippen molar-refractivity contribution in [3.8, 4) is 0 Å². The molecule has 11 heavy (non-hydrogen) atoms. The Labute approximate surface area is 72.8 Å². The van der Waals surface area contributed by atoms with E-state index in [1.807, 2.05) is 11.8 Å². The molecule has 0 aromatic carbocycles. The molecule has 1 aliphatic rings. The Balaban J connectivity index is 1.86. The van der Waals surface area contributed by atoms with Gasteiger partial charge in [-0.2, -0.15) is 11.8 Å². The first kappa shape index (κ1) is 9.36. The summed E-state index contributed by atoms with van der Waals surface area (Å²) in [5.74, 6) is 3.73. The average molecular weight is 175 g/mol. The van der Waals surface area contributed by atoms with E-state index in [9.17, 15) is 0 Å². The van der Waals surface area contributed by atoms with Gasteiger partial charge in [-0.15, -0.1) is 0 Å². The summed E-state index contributed by atoms with van der Waals surface area (Å²) in [7, 11) is 0. The van der Waals surface area contributed by atoms with Crippen molar-refractivity contribution in [2.45, 2.75) is 6.92 Å². The lowest BCUT2D eigenvalue weighted by Gasteiger charge is -2.26. The van der Waals surface area contributed by atoms with Crippen LogP contribution in [0.1, 0.15) is 6.92 Å². The maximum absolute atomic E-state index is 8.75. The minimum Gasteiger partial charge on any atom is -0.396 e. The first-order valence-corrected chi connectivity index (χ1v) is 5.37. The lowest BCUT2D eigenvalue weighted by Crippen LogP contribution is -2.43. The van der Waals surface area contributed by atoms with E-state index in [-0.39, 0.29) is 0 Å². The van der Waals surface area contributed by atoms with E-state index in [2.05, 4.69) is 12.2 Å². The smallest absolute Gasteiger partial charge is 0.0464 e. The largest absolute Gasteiger partial charge is 0.396 e. The SMILES string of the molecule is CC(CO)CSCC1CNC1. The Morgan fingerprint density at radius 3 is 2.82 bits per heavy atom. The van der Waals surface area contributed by atoms with E-state index in [1.54, 1.807) is 0 Å².